The van der Waals surface area contributed by atoms with Crippen molar-refractivity contribution in [1.29, 1.82) is 0 Å². The molecule has 1 unspecified atom stereocenters. The zero-order valence-corrected chi connectivity index (χ0v) is 19.0. The van der Waals surface area contributed by atoms with E-state index in [1.807, 2.05) is 53.4 Å². The normalized spacial score (nSPS) is 16.7. The number of rotatable bonds is 8. The van der Waals surface area contributed by atoms with Gasteiger partial charge >= 0.3 is 0 Å². The number of carbonyl (C=O) groups is 2. The van der Waals surface area contributed by atoms with Crippen molar-refractivity contribution in [3.63, 3.8) is 0 Å². The van der Waals surface area contributed by atoms with Crippen molar-refractivity contribution in [2.75, 3.05) is 4.90 Å². The maximum Gasteiger partial charge on any atom is 0.244 e. The second kappa shape index (κ2) is 10.5. The summed E-state index contributed by atoms with van der Waals surface area (Å²) < 4.78 is 0. The first-order chi connectivity index (χ1) is 16.0. The molecule has 3 aromatic rings. The first kappa shape index (κ1) is 22.7. The van der Waals surface area contributed by atoms with Crippen molar-refractivity contribution in [3.8, 4) is 0 Å². The van der Waals surface area contributed by atoms with Crippen molar-refractivity contribution in [2.45, 2.75) is 51.2 Å². The zero-order chi connectivity index (χ0) is 23.2. The quantitative estimate of drug-likeness (QED) is 0.556. The molecule has 5 heteroatoms. The SMILES string of the molecule is Cc1ccc(CN2C(=O)C(N[C@@H](CCc3ccccc3)C(N)=O)CCc3ccccc32)cc1. The van der Waals surface area contributed by atoms with Crippen LogP contribution in [0, 0.1) is 6.92 Å². The minimum Gasteiger partial charge on any atom is -0.368 e. The maximum absolute atomic E-state index is 13.7. The van der Waals surface area contributed by atoms with Gasteiger partial charge in [-0.15, -0.1) is 0 Å². The molecule has 2 amide bonds. The fourth-order valence-electron chi connectivity index (χ4n) is 4.42. The molecule has 0 spiro atoms. The van der Waals surface area contributed by atoms with Crippen molar-refractivity contribution < 1.29 is 9.59 Å². The Balaban J connectivity index is 1.54. The Kier molecular flexibility index (Phi) is 7.20. The van der Waals surface area contributed by atoms with Crippen molar-refractivity contribution in [3.05, 3.63) is 101 Å². The Morgan fingerprint density at radius 3 is 2.42 bits per heavy atom. The lowest BCUT2D eigenvalue weighted by molar-refractivity contribution is -0.123. The molecule has 0 aliphatic carbocycles. The summed E-state index contributed by atoms with van der Waals surface area (Å²) in [6.07, 6.45) is 2.65. The van der Waals surface area contributed by atoms with Crippen LogP contribution < -0.4 is 16.0 Å². The van der Waals surface area contributed by atoms with Crippen LogP contribution in [0.5, 0.6) is 0 Å². The molecule has 1 heterocycles. The minimum absolute atomic E-state index is 0.0218. The predicted octanol–water partition coefficient (Wildman–Crippen LogP) is 3.92. The van der Waals surface area contributed by atoms with Crippen molar-refractivity contribution in [1.82, 2.24) is 5.32 Å². The Morgan fingerprint density at radius 2 is 1.70 bits per heavy atom. The average Bonchev–Trinajstić information content (AvgIpc) is 2.95. The van der Waals surface area contributed by atoms with Crippen LogP contribution in [0.4, 0.5) is 5.69 Å². The molecule has 0 radical (unpaired) electrons. The first-order valence-corrected chi connectivity index (χ1v) is 11.6. The Hall–Kier alpha value is -3.44. The van der Waals surface area contributed by atoms with Gasteiger partial charge in [-0.1, -0.05) is 78.4 Å². The zero-order valence-electron chi connectivity index (χ0n) is 19.0. The highest BCUT2D eigenvalue weighted by molar-refractivity contribution is 5.99. The molecule has 0 saturated heterocycles. The van der Waals surface area contributed by atoms with Crippen LogP contribution >= 0.6 is 0 Å². The van der Waals surface area contributed by atoms with Crippen molar-refractivity contribution in [2.24, 2.45) is 5.73 Å². The van der Waals surface area contributed by atoms with E-state index in [0.717, 1.165) is 35.2 Å². The molecule has 0 saturated carbocycles. The summed E-state index contributed by atoms with van der Waals surface area (Å²) in [6.45, 7) is 2.54. The van der Waals surface area contributed by atoms with E-state index in [1.165, 1.54) is 5.56 Å². The monoisotopic (exact) mass is 441 g/mol. The largest absolute Gasteiger partial charge is 0.368 e. The highest BCUT2D eigenvalue weighted by Crippen LogP contribution is 2.29. The summed E-state index contributed by atoms with van der Waals surface area (Å²) in [5, 5.41) is 3.31. The fraction of sp³-hybridized carbons (Fsp3) is 0.286. The van der Waals surface area contributed by atoms with Gasteiger partial charge in [-0.05, 0) is 55.4 Å². The van der Waals surface area contributed by atoms with Gasteiger partial charge < -0.3 is 10.6 Å². The Morgan fingerprint density at radius 1 is 1.00 bits per heavy atom. The van der Waals surface area contributed by atoms with E-state index in [4.69, 9.17) is 5.73 Å². The van der Waals surface area contributed by atoms with Gasteiger partial charge in [-0.3, -0.25) is 14.9 Å². The molecular formula is C28H31N3O2. The minimum atomic E-state index is -0.568. The Labute approximate surface area is 195 Å². The molecule has 5 nitrogen and oxygen atoms in total. The summed E-state index contributed by atoms with van der Waals surface area (Å²) in [7, 11) is 0. The van der Waals surface area contributed by atoms with E-state index >= 15 is 0 Å². The third-order valence-electron chi connectivity index (χ3n) is 6.32. The van der Waals surface area contributed by atoms with Crippen LogP contribution in [0.1, 0.15) is 35.1 Å². The van der Waals surface area contributed by atoms with Gasteiger partial charge in [0.25, 0.3) is 0 Å². The number of hydrogen-bond donors (Lipinski definition) is 2. The number of benzene rings is 3. The summed E-state index contributed by atoms with van der Waals surface area (Å²) >= 11 is 0. The summed E-state index contributed by atoms with van der Waals surface area (Å²) in [5.41, 5.74) is 11.2. The number of nitrogens with two attached hydrogens (primary N) is 1. The molecule has 1 aliphatic heterocycles. The number of aryl methyl sites for hydroxylation is 3. The first-order valence-electron chi connectivity index (χ1n) is 11.6. The van der Waals surface area contributed by atoms with E-state index in [2.05, 4.69) is 42.6 Å². The molecule has 2 atom stereocenters. The number of primary amides is 1. The number of anilines is 1. The van der Waals surface area contributed by atoms with Crippen LogP contribution in [0.3, 0.4) is 0 Å². The molecule has 0 aromatic heterocycles. The third kappa shape index (κ3) is 5.68. The number of para-hydroxylation sites is 1. The van der Waals surface area contributed by atoms with Crippen LogP contribution in [0.2, 0.25) is 0 Å². The summed E-state index contributed by atoms with van der Waals surface area (Å²) in [5.74, 6) is -0.447. The standard InChI is InChI=1S/C28H31N3O2/c1-20-11-13-22(14-12-20)19-31-26-10-6-5-9-23(26)16-18-25(28(31)33)30-24(27(29)32)17-15-21-7-3-2-4-8-21/h2-14,24-25,30H,15-19H2,1H3,(H2,29,32)/t24-,25?/m0/s1. The predicted molar refractivity (Wildman–Crippen MR) is 132 cm³/mol. The van der Waals surface area contributed by atoms with Gasteiger partial charge in [-0.2, -0.15) is 0 Å². The molecule has 3 N–H and O–H groups in total. The van der Waals surface area contributed by atoms with Gasteiger partial charge in [-0.25, -0.2) is 0 Å². The van der Waals surface area contributed by atoms with Crippen LogP contribution in [-0.2, 0) is 29.0 Å². The highest BCUT2D eigenvalue weighted by Gasteiger charge is 2.32. The lowest BCUT2D eigenvalue weighted by atomic mass is 10.0. The maximum atomic E-state index is 13.7. The summed E-state index contributed by atoms with van der Waals surface area (Å²) in [4.78, 5) is 27.8. The molecule has 1 aliphatic rings. The van der Waals surface area contributed by atoms with Gasteiger partial charge in [0.05, 0.1) is 18.6 Å². The van der Waals surface area contributed by atoms with Gasteiger partial charge in [0, 0.05) is 5.69 Å². The van der Waals surface area contributed by atoms with E-state index in [9.17, 15) is 9.59 Å². The second-order valence-corrected chi connectivity index (χ2v) is 8.78. The van der Waals surface area contributed by atoms with E-state index in [-0.39, 0.29) is 5.91 Å². The molecule has 3 aromatic carbocycles. The number of amides is 2. The molecule has 0 bridgehead atoms. The van der Waals surface area contributed by atoms with Gasteiger partial charge in [0.2, 0.25) is 11.8 Å². The van der Waals surface area contributed by atoms with Gasteiger partial charge in [0.15, 0.2) is 0 Å². The number of carbonyl (C=O) groups excluding carboxylic acids is 2. The lowest BCUT2D eigenvalue weighted by Gasteiger charge is -2.28. The van der Waals surface area contributed by atoms with Crippen LogP contribution in [0.25, 0.3) is 0 Å². The lowest BCUT2D eigenvalue weighted by Crippen LogP contribution is -2.53. The highest BCUT2D eigenvalue weighted by atomic mass is 16.2. The topological polar surface area (TPSA) is 75.4 Å². The molecule has 0 fully saturated rings. The van der Waals surface area contributed by atoms with E-state index in [1.54, 1.807) is 0 Å². The fourth-order valence-corrected chi connectivity index (χ4v) is 4.42. The number of nitrogens with zero attached hydrogens (tertiary/aromatic N) is 1. The van der Waals surface area contributed by atoms with Gasteiger partial charge in [0.1, 0.15) is 0 Å². The number of fused-ring (bicyclic) bond motifs is 1. The average molecular weight is 442 g/mol. The number of hydrogen-bond acceptors (Lipinski definition) is 3. The molecule has 33 heavy (non-hydrogen) atoms. The van der Waals surface area contributed by atoms with E-state index in [0.29, 0.717) is 19.4 Å². The number of nitrogens with one attached hydrogen (secondary N) is 1. The second-order valence-electron chi connectivity index (χ2n) is 8.78. The molecular weight excluding hydrogens is 410 g/mol. The molecule has 4 rings (SSSR count). The van der Waals surface area contributed by atoms with E-state index < -0.39 is 18.0 Å². The van der Waals surface area contributed by atoms with Crippen LogP contribution in [-0.4, -0.2) is 23.9 Å². The molecule has 170 valence electrons. The smallest absolute Gasteiger partial charge is 0.244 e. The van der Waals surface area contributed by atoms with Crippen LogP contribution in [0.15, 0.2) is 78.9 Å². The third-order valence-corrected chi connectivity index (χ3v) is 6.32. The summed E-state index contributed by atoms with van der Waals surface area (Å²) in [6, 6.07) is 25.3. The Bertz CT molecular complexity index is 1100. The van der Waals surface area contributed by atoms with Crippen molar-refractivity contribution >= 4 is 17.5 Å².